The van der Waals surface area contributed by atoms with Gasteiger partial charge in [-0.2, -0.15) is 0 Å². The van der Waals surface area contributed by atoms with Crippen molar-refractivity contribution < 1.29 is 15.2 Å². The van der Waals surface area contributed by atoms with Gasteiger partial charge in [-0.15, -0.1) is 11.3 Å². The monoisotopic (exact) mass is 208 g/mol. The number of rotatable bonds is 1. The summed E-state index contributed by atoms with van der Waals surface area (Å²) in [5.74, 6) is 0.235. The average Bonchev–Trinajstić information content (AvgIpc) is 2.48. The Morgan fingerprint density at radius 2 is 1.93 bits per heavy atom. The molecule has 0 amide bonds. The molecule has 0 radical (unpaired) electrons. The number of fused-ring (bicyclic) bond motifs is 1. The van der Waals surface area contributed by atoms with Gasteiger partial charge < -0.3 is 15.2 Å². The summed E-state index contributed by atoms with van der Waals surface area (Å²) < 4.78 is 1.35. The van der Waals surface area contributed by atoms with Crippen LogP contribution >= 0.6 is 11.3 Å². The van der Waals surface area contributed by atoms with Gasteiger partial charge in [0, 0.05) is 9.48 Å². The van der Waals surface area contributed by atoms with E-state index in [1.54, 1.807) is 12.1 Å². The van der Waals surface area contributed by atoms with E-state index in [2.05, 4.69) is 0 Å². The third-order valence-electron chi connectivity index (χ3n) is 2.11. The quantitative estimate of drug-likeness (QED) is 0.601. The van der Waals surface area contributed by atoms with Crippen molar-refractivity contribution >= 4 is 33.3 Å². The normalized spacial score (nSPS) is 10.8. The zero-order valence-corrected chi connectivity index (χ0v) is 8.38. The SMILES string of the molecule is Cc1cc2cc(B(O)O)sc2cc1O. The molecule has 5 heteroatoms. The van der Waals surface area contributed by atoms with Gasteiger partial charge in [0.15, 0.2) is 0 Å². The molecule has 0 spiro atoms. The second-order valence-corrected chi connectivity index (χ2v) is 4.31. The lowest BCUT2D eigenvalue weighted by molar-refractivity contribution is 0.427. The molecule has 0 saturated heterocycles. The van der Waals surface area contributed by atoms with Crippen LogP contribution in [0.25, 0.3) is 10.1 Å². The summed E-state index contributed by atoms with van der Waals surface area (Å²) in [4.78, 5) is 0. The molecule has 72 valence electrons. The van der Waals surface area contributed by atoms with Gasteiger partial charge in [0.25, 0.3) is 0 Å². The van der Waals surface area contributed by atoms with Crippen LogP contribution in [0.4, 0.5) is 0 Å². The van der Waals surface area contributed by atoms with Gasteiger partial charge in [-0.05, 0) is 36.1 Å². The predicted octanol–water partition coefficient (Wildman–Crippen LogP) is 0.595. The van der Waals surface area contributed by atoms with Gasteiger partial charge in [0.2, 0.25) is 0 Å². The first-order chi connectivity index (χ1) is 6.58. The lowest BCUT2D eigenvalue weighted by Gasteiger charge is -1.96. The molecule has 3 N–H and O–H groups in total. The molecule has 0 aliphatic rings. The molecule has 0 aliphatic heterocycles. The Hall–Kier alpha value is -1.04. The Bertz CT molecular complexity index is 439. The highest BCUT2D eigenvalue weighted by atomic mass is 32.1. The number of hydrogen-bond donors (Lipinski definition) is 3. The van der Waals surface area contributed by atoms with Gasteiger partial charge >= 0.3 is 7.12 Å². The van der Waals surface area contributed by atoms with Crippen LogP contribution in [0, 0.1) is 6.92 Å². The van der Waals surface area contributed by atoms with Crippen LogP contribution in [0.15, 0.2) is 18.2 Å². The fourth-order valence-corrected chi connectivity index (χ4v) is 2.29. The predicted molar refractivity (Wildman–Crippen MR) is 58.1 cm³/mol. The number of phenolic OH excluding ortho intramolecular Hbond substituents is 1. The lowest BCUT2D eigenvalue weighted by atomic mass is 9.89. The highest BCUT2D eigenvalue weighted by molar-refractivity contribution is 7.27. The highest BCUT2D eigenvalue weighted by Gasteiger charge is 2.15. The van der Waals surface area contributed by atoms with Crippen LogP contribution in [-0.2, 0) is 0 Å². The Morgan fingerprint density at radius 1 is 1.21 bits per heavy atom. The number of aromatic hydroxyl groups is 1. The smallest absolute Gasteiger partial charge is 0.499 e. The average molecular weight is 208 g/mol. The van der Waals surface area contributed by atoms with Crippen molar-refractivity contribution in [2.75, 3.05) is 0 Å². The number of phenols is 1. The molecule has 0 aliphatic carbocycles. The van der Waals surface area contributed by atoms with E-state index in [1.807, 2.05) is 13.0 Å². The topological polar surface area (TPSA) is 60.7 Å². The van der Waals surface area contributed by atoms with E-state index in [1.165, 1.54) is 11.3 Å². The minimum absolute atomic E-state index is 0.235. The number of benzene rings is 1. The molecule has 1 aromatic carbocycles. The van der Waals surface area contributed by atoms with Crippen molar-refractivity contribution in [1.82, 2.24) is 0 Å². The standard InChI is InChI=1S/C9H9BO3S/c1-5-2-6-3-9(10(12)13)14-8(6)4-7(5)11/h2-4,11-13H,1H3. The van der Waals surface area contributed by atoms with E-state index in [0.717, 1.165) is 15.6 Å². The highest BCUT2D eigenvalue weighted by Crippen LogP contribution is 2.27. The number of aryl methyl sites for hydroxylation is 1. The molecule has 14 heavy (non-hydrogen) atoms. The molecule has 0 fully saturated rings. The summed E-state index contributed by atoms with van der Waals surface area (Å²) in [5.41, 5.74) is 0.786. The molecule has 2 rings (SSSR count). The number of hydrogen-bond acceptors (Lipinski definition) is 4. The summed E-state index contributed by atoms with van der Waals surface area (Å²) in [6, 6.07) is 5.19. The van der Waals surface area contributed by atoms with Crippen LogP contribution < -0.4 is 4.78 Å². The van der Waals surface area contributed by atoms with Crippen molar-refractivity contribution in [2.45, 2.75) is 6.92 Å². The Balaban J connectivity index is 2.66. The maximum Gasteiger partial charge on any atom is 0.499 e. The van der Waals surface area contributed by atoms with Crippen LogP contribution in [0.5, 0.6) is 5.75 Å². The summed E-state index contributed by atoms with van der Waals surface area (Å²) in [6.07, 6.45) is 0. The Labute approximate surface area is 85.4 Å². The second kappa shape index (κ2) is 3.27. The molecule has 0 unspecified atom stereocenters. The van der Waals surface area contributed by atoms with Crippen molar-refractivity contribution in [1.29, 1.82) is 0 Å². The first kappa shape index (κ1) is 9.52. The molecule has 2 aromatic rings. The van der Waals surface area contributed by atoms with E-state index < -0.39 is 7.12 Å². The van der Waals surface area contributed by atoms with Crippen LogP contribution in [0.1, 0.15) is 5.56 Å². The van der Waals surface area contributed by atoms with Crippen molar-refractivity contribution in [3.8, 4) is 5.75 Å². The summed E-state index contributed by atoms with van der Waals surface area (Å²) in [7, 11) is -1.44. The fraction of sp³-hybridized carbons (Fsp3) is 0.111. The molecule has 0 bridgehead atoms. The molecule has 0 atom stereocenters. The third kappa shape index (κ3) is 1.50. The summed E-state index contributed by atoms with van der Waals surface area (Å²) in [6.45, 7) is 1.81. The van der Waals surface area contributed by atoms with Crippen molar-refractivity contribution in [3.05, 3.63) is 23.8 Å². The van der Waals surface area contributed by atoms with E-state index in [9.17, 15) is 5.11 Å². The fourth-order valence-electron chi connectivity index (χ4n) is 1.34. The Morgan fingerprint density at radius 3 is 2.57 bits per heavy atom. The minimum Gasteiger partial charge on any atom is -0.508 e. The van der Waals surface area contributed by atoms with E-state index in [-0.39, 0.29) is 5.75 Å². The van der Waals surface area contributed by atoms with Crippen molar-refractivity contribution in [2.24, 2.45) is 0 Å². The number of thiophene rings is 1. The maximum atomic E-state index is 9.45. The lowest BCUT2D eigenvalue weighted by Crippen LogP contribution is -2.26. The zero-order valence-electron chi connectivity index (χ0n) is 7.56. The van der Waals surface area contributed by atoms with Crippen LogP contribution in [0.3, 0.4) is 0 Å². The van der Waals surface area contributed by atoms with Gasteiger partial charge in [-0.25, -0.2) is 0 Å². The molecule has 0 saturated carbocycles. The Kier molecular flexibility index (Phi) is 2.22. The summed E-state index contributed by atoms with van der Waals surface area (Å²) >= 11 is 1.27. The maximum absolute atomic E-state index is 9.45. The molecule has 1 aromatic heterocycles. The molecule has 3 nitrogen and oxygen atoms in total. The largest absolute Gasteiger partial charge is 0.508 e. The zero-order chi connectivity index (χ0) is 10.3. The van der Waals surface area contributed by atoms with E-state index in [0.29, 0.717) is 4.78 Å². The van der Waals surface area contributed by atoms with Gasteiger partial charge in [0.1, 0.15) is 5.75 Å². The molecular weight excluding hydrogens is 199 g/mol. The molecular formula is C9H9BO3S. The van der Waals surface area contributed by atoms with E-state index in [4.69, 9.17) is 10.0 Å². The minimum atomic E-state index is -1.44. The second-order valence-electron chi connectivity index (χ2n) is 3.20. The van der Waals surface area contributed by atoms with Crippen LogP contribution in [-0.4, -0.2) is 22.3 Å². The van der Waals surface area contributed by atoms with E-state index >= 15 is 0 Å². The third-order valence-corrected chi connectivity index (χ3v) is 3.25. The molecule has 1 heterocycles. The summed E-state index contributed by atoms with van der Waals surface area (Å²) in [5, 5.41) is 28.3. The van der Waals surface area contributed by atoms with Gasteiger partial charge in [-0.3, -0.25) is 0 Å². The first-order valence-electron chi connectivity index (χ1n) is 4.17. The first-order valence-corrected chi connectivity index (χ1v) is 4.99. The van der Waals surface area contributed by atoms with Gasteiger partial charge in [0.05, 0.1) is 0 Å². The van der Waals surface area contributed by atoms with Crippen LogP contribution in [0.2, 0.25) is 0 Å². The van der Waals surface area contributed by atoms with Gasteiger partial charge in [-0.1, -0.05) is 0 Å². The van der Waals surface area contributed by atoms with Crippen molar-refractivity contribution in [3.63, 3.8) is 0 Å².